The smallest absolute Gasteiger partial charge is 0.338 e. The standard InChI is InChI=1S/C12H14N6O5/c19-11(1-3-16-7-9(5-14-16)12(20)21)13-2-4-17-8-10(6-15-17)18(22)23/h5-8H,1-4H2,(H,13,19)(H,20,21). The summed E-state index contributed by atoms with van der Waals surface area (Å²) in [7, 11) is 0. The number of hydrogen-bond acceptors (Lipinski definition) is 6. The third-order valence-corrected chi connectivity index (χ3v) is 2.94. The first-order valence-electron chi connectivity index (χ1n) is 6.65. The van der Waals surface area contributed by atoms with Gasteiger partial charge in [-0.2, -0.15) is 10.2 Å². The van der Waals surface area contributed by atoms with Crippen molar-refractivity contribution in [1.29, 1.82) is 0 Å². The molecule has 11 heteroatoms. The maximum absolute atomic E-state index is 11.7. The molecule has 23 heavy (non-hydrogen) atoms. The maximum atomic E-state index is 11.7. The van der Waals surface area contributed by atoms with Crippen molar-refractivity contribution >= 4 is 17.6 Å². The average Bonchev–Trinajstić information content (AvgIpc) is 3.14. The lowest BCUT2D eigenvalue weighted by Gasteiger charge is -2.05. The molecule has 2 N–H and O–H groups in total. The fraction of sp³-hybridized carbons (Fsp3) is 0.333. The highest BCUT2D eigenvalue weighted by Crippen LogP contribution is 2.07. The molecule has 122 valence electrons. The molecule has 0 unspecified atom stereocenters. The highest BCUT2D eigenvalue weighted by Gasteiger charge is 2.09. The van der Waals surface area contributed by atoms with Crippen molar-refractivity contribution in [3.63, 3.8) is 0 Å². The van der Waals surface area contributed by atoms with Crippen LogP contribution in [0.5, 0.6) is 0 Å². The summed E-state index contributed by atoms with van der Waals surface area (Å²) in [6.45, 7) is 0.841. The summed E-state index contributed by atoms with van der Waals surface area (Å²) in [6.07, 6.45) is 5.12. The van der Waals surface area contributed by atoms with Crippen LogP contribution in [0.2, 0.25) is 0 Å². The van der Waals surface area contributed by atoms with Crippen molar-refractivity contribution < 1.29 is 19.6 Å². The largest absolute Gasteiger partial charge is 0.478 e. The molecule has 0 bridgehead atoms. The SMILES string of the molecule is O=C(CCn1cc(C(=O)O)cn1)NCCn1cc([N+](=O)[O-])cn1. The van der Waals surface area contributed by atoms with E-state index in [0.717, 1.165) is 6.20 Å². The minimum absolute atomic E-state index is 0.0608. The zero-order valence-corrected chi connectivity index (χ0v) is 12.0. The fourth-order valence-corrected chi connectivity index (χ4v) is 1.78. The summed E-state index contributed by atoms with van der Waals surface area (Å²) in [5.41, 5.74) is -0.0464. The Morgan fingerprint density at radius 2 is 1.91 bits per heavy atom. The maximum Gasteiger partial charge on any atom is 0.338 e. The number of aryl methyl sites for hydroxylation is 1. The number of rotatable bonds is 8. The van der Waals surface area contributed by atoms with Crippen LogP contribution in [0.1, 0.15) is 16.8 Å². The van der Waals surface area contributed by atoms with Crippen LogP contribution in [0.3, 0.4) is 0 Å². The van der Waals surface area contributed by atoms with Gasteiger partial charge in [0.05, 0.1) is 23.2 Å². The van der Waals surface area contributed by atoms with E-state index in [1.165, 1.54) is 28.0 Å². The number of carboxylic acid groups (broad SMARTS) is 1. The van der Waals surface area contributed by atoms with Gasteiger partial charge in [-0.15, -0.1) is 0 Å². The molecule has 0 fully saturated rings. The van der Waals surface area contributed by atoms with Crippen LogP contribution >= 0.6 is 0 Å². The third-order valence-electron chi connectivity index (χ3n) is 2.94. The number of carboxylic acids is 1. The lowest BCUT2D eigenvalue weighted by Crippen LogP contribution is -2.28. The predicted molar refractivity (Wildman–Crippen MR) is 75.7 cm³/mol. The quantitative estimate of drug-likeness (QED) is 0.509. The van der Waals surface area contributed by atoms with Crippen LogP contribution in [-0.2, 0) is 17.9 Å². The van der Waals surface area contributed by atoms with Gasteiger partial charge in [-0.25, -0.2) is 4.79 Å². The summed E-state index contributed by atoms with van der Waals surface area (Å²) in [4.78, 5) is 32.3. The number of amides is 1. The highest BCUT2D eigenvalue weighted by molar-refractivity contribution is 5.86. The average molecular weight is 322 g/mol. The molecular weight excluding hydrogens is 308 g/mol. The highest BCUT2D eigenvalue weighted by atomic mass is 16.6. The van der Waals surface area contributed by atoms with Crippen molar-refractivity contribution in [2.75, 3.05) is 6.54 Å². The zero-order valence-electron chi connectivity index (χ0n) is 12.0. The second kappa shape index (κ2) is 7.15. The molecule has 1 amide bonds. The molecule has 0 radical (unpaired) electrons. The molecule has 0 saturated carbocycles. The van der Waals surface area contributed by atoms with Crippen molar-refractivity contribution in [3.05, 3.63) is 40.5 Å². The molecule has 0 aliphatic heterocycles. The van der Waals surface area contributed by atoms with Crippen molar-refractivity contribution in [2.24, 2.45) is 0 Å². The first-order chi connectivity index (χ1) is 11.0. The van der Waals surface area contributed by atoms with Gasteiger partial charge in [-0.05, 0) is 0 Å². The van der Waals surface area contributed by atoms with Crippen LogP contribution in [0.4, 0.5) is 5.69 Å². The summed E-state index contributed by atoms with van der Waals surface area (Å²) in [6, 6.07) is 0. The Labute approximate surface area is 129 Å². The number of nitrogens with one attached hydrogen (secondary N) is 1. The van der Waals surface area contributed by atoms with Gasteiger partial charge in [-0.3, -0.25) is 24.3 Å². The molecule has 2 aromatic heterocycles. The van der Waals surface area contributed by atoms with Gasteiger partial charge in [0, 0.05) is 25.7 Å². The molecule has 2 heterocycles. The van der Waals surface area contributed by atoms with E-state index in [-0.39, 0.29) is 36.7 Å². The van der Waals surface area contributed by atoms with Crippen LogP contribution in [-0.4, -0.2) is 48.0 Å². The first kappa shape index (κ1) is 16.1. The van der Waals surface area contributed by atoms with E-state index < -0.39 is 10.9 Å². The van der Waals surface area contributed by atoms with Gasteiger partial charge in [0.2, 0.25) is 5.91 Å². The molecule has 2 rings (SSSR count). The topological polar surface area (TPSA) is 145 Å². The van der Waals surface area contributed by atoms with Gasteiger partial charge < -0.3 is 10.4 Å². The van der Waals surface area contributed by atoms with Crippen LogP contribution < -0.4 is 5.32 Å². The van der Waals surface area contributed by atoms with Crippen molar-refractivity contribution in [3.8, 4) is 0 Å². The summed E-state index contributed by atoms with van der Waals surface area (Å²) < 4.78 is 2.74. The number of aromatic nitrogens is 4. The summed E-state index contributed by atoms with van der Waals surface area (Å²) in [5.74, 6) is -1.31. The van der Waals surface area contributed by atoms with Gasteiger partial charge in [0.1, 0.15) is 12.4 Å². The van der Waals surface area contributed by atoms with Crippen LogP contribution in [0, 0.1) is 10.1 Å². The molecular formula is C12H14N6O5. The normalized spacial score (nSPS) is 10.4. The monoisotopic (exact) mass is 322 g/mol. The van der Waals surface area contributed by atoms with E-state index in [2.05, 4.69) is 15.5 Å². The van der Waals surface area contributed by atoms with E-state index in [9.17, 15) is 19.7 Å². The Morgan fingerprint density at radius 1 is 1.22 bits per heavy atom. The van der Waals surface area contributed by atoms with Gasteiger partial charge in [0.15, 0.2) is 0 Å². The minimum Gasteiger partial charge on any atom is -0.478 e. The Bertz CT molecular complexity index is 721. The number of carbonyl (C=O) groups excluding carboxylic acids is 1. The second-order valence-corrected chi connectivity index (χ2v) is 4.62. The zero-order chi connectivity index (χ0) is 16.8. The number of carbonyl (C=O) groups is 2. The summed E-state index contributed by atoms with van der Waals surface area (Å²) >= 11 is 0. The van der Waals surface area contributed by atoms with E-state index in [0.29, 0.717) is 6.54 Å². The van der Waals surface area contributed by atoms with E-state index in [4.69, 9.17) is 5.11 Å². The van der Waals surface area contributed by atoms with Crippen molar-refractivity contribution in [1.82, 2.24) is 24.9 Å². The fourth-order valence-electron chi connectivity index (χ4n) is 1.78. The lowest BCUT2D eigenvalue weighted by molar-refractivity contribution is -0.385. The number of nitrogens with zero attached hydrogens (tertiary/aromatic N) is 5. The second-order valence-electron chi connectivity index (χ2n) is 4.62. The minimum atomic E-state index is -1.07. The van der Waals surface area contributed by atoms with Gasteiger partial charge in [-0.1, -0.05) is 0 Å². The van der Waals surface area contributed by atoms with Crippen LogP contribution in [0.15, 0.2) is 24.8 Å². The van der Waals surface area contributed by atoms with Gasteiger partial charge in [0.25, 0.3) is 0 Å². The molecule has 11 nitrogen and oxygen atoms in total. The Hall–Kier alpha value is -3.24. The Morgan fingerprint density at radius 3 is 2.52 bits per heavy atom. The molecule has 2 aromatic rings. The third kappa shape index (κ3) is 4.62. The van der Waals surface area contributed by atoms with E-state index in [1.807, 2.05) is 0 Å². The van der Waals surface area contributed by atoms with E-state index in [1.54, 1.807) is 0 Å². The number of aromatic carboxylic acids is 1. The lowest BCUT2D eigenvalue weighted by atomic mass is 10.3. The Kier molecular flexibility index (Phi) is 5.02. The van der Waals surface area contributed by atoms with Crippen LogP contribution in [0.25, 0.3) is 0 Å². The predicted octanol–water partition coefficient (Wildman–Crippen LogP) is -0.107. The molecule has 0 atom stereocenters. The van der Waals surface area contributed by atoms with E-state index >= 15 is 0 Å². The number of hydrogen-bond donors (Lipinski definition) is 2. The first-order valence-corrected chi connectivity index (χ1v) is 6.65. The molecule has 0 spiro atoms. The summed E-state index contributed by atoms with van der Waals surface area (Å²) in [5, 5.41) is 29.5. The Balaban J connectivity index is 1.70. The van der Waals surface area contributed by atoms with Crippen molar-refractivity contribution in [2.45, 2.75) is 19.5 Å². The molecule has 0 saturated heterocycles. The number of nitro groups is 1. The molecule has 0 aliphatic carbocycles. The molecule has 0 aromatic carbocycles. The molecule has 0 aliphatic rings. The van der Waals surface area contributed by atoms with Gasteiger partial charge >= 0.3 is 11.7 Å².